The Bertz CT molecular complexity index is 1010. The number of carbonyl (C=O) groups is 2. The summed E-state index contributed by atoms with van der Waals surface area (Å²) >= 11 is 0. The van der Waals surface area contributed by atoms with E-state index in [1.165, 1.54) is 0 Å². The molecular formula is C20H19N5O2. The largest absolute Gasteiger partial charge is 0.349 e. The fourth-order valence-electron chi connectivity index (χ4n) is 2.87. The van der Waals surface area contributed by atoms with E-state index in [1.807, 2.05) is 31.3 Å². The first-order chi connectivity index (χ1) is 13.1. The van der Waals surface area contributed by atoms with E-state index >= 15 is 0 Å². The first-order valence-electron chi connectivity index (χ1n) is 8.76. The van der Waals surface area contributed by atoms with Crippen LogP contribution in [-0.2, 0) is 4.79 Å². The second-order valence-corrected chi connectivity index (χ2v) is 6.65. The molecule has 7 nitrogen and oxygen atoms in total. The van der Waals surface area contributed by atoms with Gasteiger partial charge in [0.1, 0.15) is 0 Å². The minimum atomic E-state index is -0.0389. The molecule has 136 valence electrons. The van der Waals surface area contributed by atoms with E-state index in [0.29, 0.717) is 23.7 Å². The van der Waals surface area contributed by atoms with Gasteiger partial charge in [0.2, 0.25) is 6.41 Å². The lowest BCUT2D eigenvalue weighted by Gasteiger charge is -2.08. The molecule has 2 amide bonds. The molecule has 0 saturated heterocycles. The van der Waals surface area contributed by atoms with Crippen LogP contribution in [0.5, 0.6) is 0 Å². The lowest BCUT2D eigenvalue weighted by atomic mass is 10.0. The molecule has 0 bridgehead atoms. The lowest BCUT2D eigenvalue weighted by molar-refractivity contribution is -0.105. The fourth-order valence-corrected chi connectivity index (χ4v) is 2.87. The molecule has 0 aliphatic heterocycles. The third kappa shape index (κ3) is 3.72. The van der Waals surface area contributed by atoms with Crippen molar-refractivity contribution >= 4 is 18.0 Å². The number of nitrogens with one attached hydrogen (secondary N) is 2. The van der Waals surface area contributed by atoms with Gasteiger partial charge in [-0.1, -0.05) is 6.07 Å². The van der Waals surface area contributed by atoms with Crippen LogP contribution < -0.4 is 10.6 Å². The van der Waals surface area contributed by atoms with E-state index in [9.17, 15) is 9.59 Å². The minimum Gasteiger partial charge on any atom is -0.349 e. The summed E-state index contributed by atoms with van der Waals surface area (Å²) < 4.78 is 1.69. The zero-order chi connectivity index (χ0) is 18.8. The molecule has 1 saturated carbocycles. The van der Waals surface area contributed by atoms with E-state index in [-0.39, 0.29) is 5.91 Å². The highest BCUT2D eigenvalue weighted by Gasteiger charge is 2.24. The van der Waals surface area contributed by atoms with Crippen LogP contribution >= 0.6 is 0 Å². The maximum Gasteiger partial charge on any atom is 0.251 e. The first-order valence-corrected chi connectivity index (χ1v) is 8.76. The molecule has 27 heavy (non-hydrogen) atoms. The number of hydrogen-bond acceptors (Lipinski definition) is 4. The molecule has 3 aromatic rings. The van der Waals surface area contributed by atoms with E-state index in [0.717, 1.165) is 35.2 Å². The summed E-state index contributed by atoms with van der Waals surface area (Å²) in [5.74, 6) is -0.0389. The monoisotopic (exact) mass is 361 g/mol. The summed E-state index contributed by atoms with van der Waals surface area (Å²) in [6.07, 6.45) is 9.59. The van der Waals surface area contributed by atoms with E-state index in [1.54, 1.807) is 29.3 Å². The normalized spacial score (nSPS) is 13.2. The van der Waals surface area contributed by atoms with Gasteiger partial charge in [0.25, 0.3) is 5.91 Å². The second-order valence-electron chi connectivity index (χ2n) is 6.65. The molecular weight excluding hydrogens is 342 g/mol. The number of amides is 2. The Morgan fingerprint density at radius 3 is 2.85 bits per heavy atom. The topological polar surface area (TPSA) is 88.9 Å². The van der Waals surface area contributed by atoms with Crippen LogP contribution in [0.25, 0.3) is 16.8 Å². The van der Waals surface area contributed by atoms with Crippen molar-refractivity contribution in [2.75, 3.05) is 5.32 Å². The molecule has 2 heterocycles. The molecule has 4 rings (SSSR count). The standard InChI is InChI=1S/C20H19N5O2/c1-13-2-3-14(20(27)24-16-4-5-16)6-19(13)15-8-23-25(11-15)18-7-17(22-12-26)9-21-10-18/h2-3,6-12,16H,4-5H2,1H3,(H,22,26)(H,24,27). The average Bonchev–Trinajstić information content (AvgIpc) is 3.35. The van der Waals surface area contributed by atoms with E-state index in [4.69, 9.17) is 0 Å². The summed E-state index contributed by atoms with van der Waals surface area (Å²) in [5, 5.41) is 9.99. The van der Waals surface area contributed by atoms with Gasteiger partial charge in [-0.25, -0.2) is 4.68 Å². The van der Waals surface area contributed by atoms with E-state index < -0.39 is 0 Å². The summed E-state index contributed by atoms with van der Waals surface area (Å²) in [6, 6.07) is 7.80. The Morgan fingerprint density at radius 2 is 2.07 bits per heavy atom. The van der Waals surface area contributed by atoms with Gasteiger partial charge in [0.05, 0.1) is 30.0 Å². The molecule has 1 aliphatic carbocycles. The number of anilines is 1. The zero-order valence-electron chi connectivity index (χ0n) is 14.8. The molecule has 1 fully saturated rings. The van der Waals surface area contributed by atoms with Crippen molar-refractivity contribution in [2.24, 2.45) is 0 Å². The number of rotatable bonds is 6. The van der Waals surface area contributed by atoms with Gasteiger partial charge in [-0.05, 0) is 49.1 Å². The second kappa shape index (κ2) is 7.03. The molecule has 2 N–H and O–H groups in total. The highest BCUT2D eigenvalue weighted by Crippen LogP contribution is 2.26. The summed E-state index contributed by atoms with van der Waals surface area (Å²) in [4.78, 5) is 27.1. The first kappa shape index (κ1) is 17.0. The number of benzene rings is 1. The number of aromatic nitrogens is 3. The third-order valence-electron chi connectivity index (χ3n) is 4.52. The Balaban J connectivity index is 1.63. The maximum absolute atomic E-state index is 12.3. The van der Waals surface area contributed by atoms with Crippen molar-refractivity contribution in [2.45, 2.75) is 25.8 Å². The van der Waals surface area contributed by atoms with Crippen molar-refractivity contribution in [3.63, 3.8) is 0 Å². The predicted molar refractivity (Wildman–Crippen MR) is 102 cm³/mol. The van der Waals surface area contributed by atoms with Gasteiger partial charge < -0.3 is 10.6 Å². The van der Waals surface area contributed by atoms with E-state index in [2.05, 4.69) is 20.7 Å². The Hall–Kier alpha value is -3.48. The summed E-state index contributed by atoms with van der Waals surface area (Å²) in [7, 11) is 0. The van der Waals surface area contributed by atoms with Crippen LogP contribution in [0.2, 0.25) is 0 Å². The highest BCUT2D eigenvalue weighted by atomic mass is 16.1. The van der Waals surface area contributed by atoms with Crippen molar-refractivity contribution < 1.29 is 9.59 Å². The SMILES string of the molecule is Cc1ccc(C(=O)NC2CC2)cc1-c1cnn(-c2cncc(NC=O)c2)c1. The minimum absolute atomic E-state index is 0.0389. The van der Waals surface area contributed by atoms with Gasteiger partial charge in [-0.15, -0.1) is 0 Å². The highest BCUT2D eigenvalue weighted by molar-refractivity contribution is 5.96. The summed E-state index contributed by atoms with van der Waals surface area (Å²) in [5.41, 5.74) is 4.89. The molecule has 1 aromatic carbocycles. The van der Waals surface area contributed by atoms with Crippen LogP contribution in [0.1, 0.15) is 28.8 Å². The van der Waals surface area contributed by atoms with Crippen LogP contribution in [0.4, 0.5) is 5.69 Å². The molecule has 7 heteroatoms. The van der Waals surface area contributed by atoms with Crippen molar-refractivity contribution in [3.05, 3.63) is 60.2 Å². The number of aryl methyl sites for hydroxylation is 1. The van der Waals surface area contributed by atoms with Crippen molar-refractivity contribution in [1.29, 1.82) is 0 Å². The number of nitrogens with zero attached hydrogens (tertiary/aromatic N) is 3. The third-order valence-corrected chi connectivity index (χ3v) is 4.52. The number of hydrogen-bond donors (Lipinski definition) is 2. The maximum atomic E-state index is 12.3. The van der Waals surface area contributed by atoms with Gasteiger partial charge in [0.15, 0.2) is 0 Å². The van der Waals surface area contributed by atoms with Gasteiger partial charge in [0, 0.05) is 23.4 Å². The van der Waals surface area contributed by atoms with Crippen molar-refractivity contribution in [3.8, 4) is 16.8 Å². The van der Waals surface area contributed by atoms with Gasteiger partial charge in [-0.3, -0.25) is 14.6 Å². The molecule has 0 spiro atoms. The van der Waals surface area contributed by atoms with Crippen LogP contribution in [0, 0.1) is 6.92 Å². The molecule has 1 aliphatic rings. The lowest BCUT2D eigenvalue weighted by Crippen LogP contribution is -2.25. The quantitative estimate of drug-likeness (QED) is 0.661. The Labute approximate surface area is 156 Å². The average molecular weight is 361 g/mol. The van der Waals surface area contributed by atoms with Crippen LogP contribution in [0.15, 0.2) is 49.1 Å². The predicted octanol–water partition coefficient (Wildman–Crippen LogP) is 2.70. The molecule has 0 atom stereocenters. The Kier molecular flexibility index (Phi) is 4.42. The number of pyridine rings is 1. The molecule has 0 radical (unpaired) electrons. The van der Waals surface area contributed by atoms with Gasteiger partial charge >= 0.3 is 0 Å². The van der Waals surface area contributed by atoms with Crippen molar-refractivity contribution in [1.82, 2.24) is 20.1 Å². The summed E-state index contributed by atoms with van der Waals surface area (Å²) in [6.45, 7) is 2.01. The van der Waals surface area contributed by atoms with Crippen LogP contribution in [0.3, 0.4) is 0 Å². The van der Waals surface area contributed by atoms with Crippen LogP contribution in [-0.4, -0.2) is 33.1 Å². The smallest absolute Gasteiger partial charge is 0.251 e. The molecule has 2 aromatic heterocycles. The Morgan fingerprint density at radius 1 is 1.22 bits per heavy atom. The number of carbonyl (C=O) groups excluding carboxylic acids is 2. The molecule has 0 unspecified atom stereocenters. The fraction of sp³-hybridized carbons (Fsp3) is 0.200. The zero-order valence-corrected chi connectivity index (χ0v) is 14.8. The van der Waals surface area contributed by atoms with Gasteiger partial charge in [-0.2, -0.15) is 5.10 Å².